The fraction of sp³-hybridized carbons (Fsp3) is 0.471. The molecule has 2 heterocycles. The van der Waals surface area contributed by atoms with Crippen molar-refractivity contribution in [3.8, 4) is 0 Å². The number of hydrogen-bond acceptors (Lipinski definition) is 4. The molecule has 2 aromatic rings. The van der Waals surface area contributed by atoms with Crippen LogP contribution in [0, 0.1) is 0 Å². The average Bonchev–Trinajstić information content (AvgIpc) is 2.85. The summed E-state index contributed by atoms with van der Waals surface area (Å²) in [4.78, 5) is 7.23. The van der Waals surface area contributed by atoms with Gasteiger partial charge in [0.25, 0.3) is 0 Å². The number of thiazole rings is 1. The van der Waals surface area contributed by atoms with E-state index in [0.717, 1.165) is 38.2 Å². The Morgan fingerprint density at radius 2 is 1.86 bits per heavy atom. The van der Waals surface area contributed by atoms with Crippen LogP contribution in [0.3, 0.4) is 0 Å². The third kappa shape index (κ3) is 3.63. The van der Waals surface area contributed by atoms with Crippen LogP contribution in [0.2, 0.25) is 0 Å². The van der Waals surface area contributed by atoms with E-state index in [4.69, 9.17) is 4.98 Å². The van der Waals surface area contributed by atoms with Crippen molar-refractivity contribution in [2.45, 2.75) is 39.3 Å². The number of hydrogen-bond donors (Lipinski definition) is 1. The van der Waals surface area contributed by atoms with Gasteiger partial charge in [0.1, 0.15) is 0 Å². The second-order valence-electron chi connectivity index (χ2n) is 5.91. The number of rotatable bonds is 4. The Bertz CT molecular complexity index is 564. The highest BCUT2D eigenvalue weighted by Crippen LogP contribution is 2.24. The molecule has 0 aliphatic carbocycles. The highest BCUT2D eigenvalue weighted by Gasteiger charge is 2.16. The third-order valence-electron chi connectivity index (χ3n) is 3.92. The highest BCUT2D eigenvalue weighted by molar-refractivity contribution is 7.13. The molecule has 1 aliphatic rings. The SMILES string of the molecule is CC(C)NCc1csc(N2CCc3ccccc3CC2)n1. The van der Waals surface area contributed by atoms with Crippen molar-refractivity contribution in [1.29, 1.82) is 0 Å². The summed E-state index contributed by atoms with van der Waals surface area (Å²) in [5.74, 6) is 0. The summed E-state index contributed by atoms with van der Waals surface area (Å²) in [6.07, 6.45) is 2.24. The molecule has 4 heteroatoms. The maximum absolute atomic E-state index is 4.79. The van der Waals surface area contributed by atoms with Crippen molar-refractivity contribution in [3.05, 3.63) is 46.5 Å². The van der Waals surface area contributed by atoms with E-state index in [9.17, 15) is 0 Å². The smallest absolute Gasteiger partial charge is 0.185 e. The van der Waals surface area contributed by atoms with Crippen LogP contribution < -0.4 is 10.2 Å². The molecule has 0 amide bonds. The Morgan fingerprint density at radius 1 is 1.19 bits per heavy atom. The standard InChI is InChI=1S/C17H23N3S/c1-13(2)18-11-16-12-21-17(19-16)20-9-7-14-5-3-4-6-15(14)8-10-20/h3-6,12-13,18H,7-11H2,1-2H3. The van der Waals surface area contributed by atoms with Gasteiger partial charge in [-0.2, -0.15) is 0 Å². The molecule has 0 radical (unpaired) electrons. The van der Waals surface area contributed by atoms with Gasteiger partial charge in [-0.3, -0.25) is 0 Å². The van der Waals surface area contributed by atoms with Crippen molar-refractivity contribution in [2.24, 2.45) is 0 Å². The number of aromatic nitrogens is 1. The predicted molar refractivity (Wildman–Crippen MR) is 90.2 cm³/mol. The minimum atomic E-state index is 0.503. The molecule has 112 valence electrons. The maximum Gasteiger partial charge on any atom is 0.185 e. The molecule has 0 saturated carbocycles. The summed E-state index contributed by atoms with van der Waals surface area (Å²) in [7, 11) is 0. The summed E-state index contributed by atoms with van der Waals surface area (Å²) < 4.78 is 0. The number of nitrogens with one attached hydrogen (secondary N) is 1. The minimum absolute atomic E-state index is 0.503. The topological polar surface area (TPSA) is 28.2 Å². The van der Waals surface area contributed by atoms with Gasteiger partial charge in [-0.1, -0.05) is 38.1 Å². The van der Waals surface area contributed by atoms with Gasteiger partial charge in [0, 0.05) is 31.1 Å². The van der Waals surface area contributed by atoms with Crippen LogP contribution in [0.4, 0.5) is 5.13 Å². The molecule has 1 aliphatic heterocycles. The molecule has 21 heavy (non-hydrogen) atoms. The molecule has 0 saturated heterocycles. The lowest BCUT2D eigenvalue weighted by Gasteiger charge is -2.18. The van der Waals surface area contributed by atoms with Crippen LogP contribution in [0.25, 0.3) is 0 Å². The van der Waals surface area contributed by atoms with E-state index in [1.165, 1.54) is 16.3 Å². The van der Waals surface area contributed by atoms with Gasteiger partial charge in [0.2, 0.25) is 0 Å². The number of fused-ring (bicyclic) bond motifs is 1. The summed E-state index contributed by atoms with van der Waals surface area (Å²) in [6.45, 7) is 7.34. The van der Waals surface area contributed by atoms with Gasteiger partial charge in [-0.15, -0.1) is 11.3 Å². The van der Waals surface area contributed by atoms with Crippen molar-refractivity contribution in [2.75, 3.05) is 18.0 Å². The van der Waals surface area contributed by atoms with Crippen molar-refractivity contribution in [1.82, 2.24) is 10.3 Å². The van der Waals surface area contributed by atoms with Crippen LogP contribution >= 0.6 is 11.3 Å². The zero-order valence-corrected chi connectivity index (χ0v) is 13.6. The summed E-state index contributed by atoms with van der Waals surface area (Å²) >= 11 is 1.77. The van der Waals surface area contributed by atoms with Gasteiger partial charge in [0.15, 0.2) is 5.13 Å². The Kier molecular flexibility index (Phi) is 4.56. The summed E-state index contributed by atoms with van der Waals surface area (Å²) in [5, 5.41) is 6.78. The molecule has 3 rings (SSSR count). The molecule has 3 nitrogen and oxygen atoms in total. The Balaban J connectivity index is 1.66. The Morgan fingerprint density at radius 3 is 2.48 bits per heavy atom. The second-order valence-corrected chi connectivity index (χ2v) is 6.75. The number of nitrogens with zero attached hydrogens (tertiary/aromatic N) is 2. The molecule has 0 fully saturated rings. The molecule has 0 spiro atoms. The average molecular weight is 301 g/mol. The maximum atomic E-state index is 4.79. The van der Waals surface area contributed by atoms with E-state index in [1.54, 1.807) is 11.3 Å². The summed E-state index contributed by atoms with van der Waals surface area (Å²) in [6, 6.07) is 9.32. The summed E-state index contributed by atoms with van der Waals surface area (Å²) in [5.41, 5.74) is 4.15. The van der Waals surface area contributed by atoms with E-state index in [1.807, 2.05) is 0 Å². The first-order valence-electron chi connectivity index (χ1n) is 7.72. The van der Waals surface area contributed by atoms with Gasteiger partial charge in [0.05, 0.1) is 5.69 Å². The zero-order chi connectivity index (χ0) is 14.7. The van der Waals surface area contributed by atoms with Crippen LogP contribution in [-0.4, -0.2) is 24.1 Å². The first-order valence-corrected chi connectivity index (χ1v) is 8.60. The van der Waals surface area contributed by atoms with Gasteiger partial charge in [-0.05, 0) is 24.0 Å². The van der Waals surface area contributed by atoms with Crippen LogP contribution in [-0.2, 0) is 19.4 Å². The zero-order valence-electron chi connectivity index (χ0n) is 12.8. The molecule has 1 aromatic carbocycles. The number of benzene rings is 1. The van der Waals surface area contributed by atoms with Crippen molar-refractivity contribution in [3.63, 3.8) is 0 Å². The van der Waals surface area contributed by atoms with Gasteiger partial charge >= 0.3 is 0 Å². The lowest BCUT2D eigenvalue weighted by molar-refractivity contribution is 0.582. The normalized spacial score (nSPS) is 15.1. The molecule has 0 unspecified atom stereocenters. The Hall–Kier alpha value is -1.39. The third-order valence-corrected chi connectivity index (χ3v) is 4.87. The van der Waals surface area contributed by atoms with Crippen LogP contribution in [0.15, 0.2) is 29.6 Å². The first-order chi connectivity index (χ1) is 10.2. The molecule has 0 bridgehead atoms. The molecule has 1 N–H and O–H groups in total. The largest absolute Gasteiger partial charge is 0.347 e. The molecule has 1 aromatic heterocycles. The fourth-order valence-electron chi connectivity index (χ4n) is 2.69. The van der Waals surface area contributed by atoms with E-state index < -0.39 is 0 Å². The van der Waals surface area contributed by atoms with E-state index >= 15 is 0 Å². The van der Waals surface area contributed by atoms with Crippen molar-refractivity contribution >= 4 is 16.5 Å². The van der Waals surface area contributed by atoms with E-state index in [0.29, 0.717) is 6.04 Å². The first kappa shape index (κ1) is 14.5. The lowest BCUT2D eigenvalue weighted by Crippen LogP contribution is -2.26. The van der Waals surface area contributed by atoms with Crippen LogP contribution in [0.1, 0.15) is 30.7 Å². The second kappa shape index (κ2) is 6.58. The lowest BCUT2D eigenvalue weighted by atomic mass is 10.0. The fourth-order valence-corrected chi connectivity index (χ4v) is 3.57. The van der Waals surface area contributed by atoms with E-state index in [-0.39, 0.29) is 0 Å². The van der Waals surface area contributed by atoms with Crippen molar-refractivity contribution < 1.29 is 0 Å². The van der Waals surface area contributed by atoms with E-state index in [2.05, 4.69) is 53.7 Å². The quantitative estimate of drug-likeness (QED) is 0.939. The monoisotopic (exact) mass is 301 g/mol. The minimum Gasteiger partial charge on any atom is -0.347 e. The highest BCUT2D eigenvalue weighted by atomic mass is 32.1. The molecule has 0 atom stereocenters. The number of anilines is 1. The Labute approximate surface area is 131 Å². The molecular formula is C17H23N3S. The predicted octanol–water partition coefficient (Wildman–Crippen LogP) is 3.25. The van der Waals surface area contributed by atoms with Crippen LogP contribution in [0.5, 0.6) is 0 Å². The van der Waals surface area contributed by atoms with Gasteiger partial charge < -0.3 is 10.2 Å². The molecular weight excluding hydrogens is 278 g/mol. The van der Waals surface area contributed by atoms with Gasteiger partial charge in [-0.25, -0.2) is 4.98 Å².